The third-order valence-electron chi connectivity index (χ3n) is 5.11. The molecule has 0 radical (unpaired) electrons. The molecule has 1 atom stereocenters. The molecule has 158 valence electrons. The minimum absolute atomic E-state index is 0.0485. The molecular weight excluding hydrogens is 408 g/mol. The number of hydrogen-bond donors (Lipinski definition) is 1. The van der Waals surface area contributed by atoms with Crippen LogP contribution in [0.2, 0.25) is 0 Å². The first-order chi connectivity index (χ1) is 15.0. The van der Waals surface area contributed by atoms with Gasteiger partial charge in [0.1, 0.15) is 11.6 Å². The largest absolute Gasteiger partial charge is 0.497 e. The Kier molecular flexibility index (Phi) is 6.23. The van der Waals surface area contributed by atoms with Crippen LogP contribution in [0.4, 0.5) is 0 Å². The van der Waals surface area contributed by atoms with E-state index in [1.54, 1.807) is 7.11 Å². The summed E-state index contributed by atoms with van der Waals surface area (Å²) >= 11 is 1.37. The third-order valence-corrected chi connectivity index (χ3v) is 6.04. The van der Waals surface area contributed by atoms with Gasteiger partial charge in [0.2, 0.25) is 5.91 Å². The van der Waals surface area contributed by atoms with Crippen LogP contribution in [0.5, 0.6) is 5.75 Å². The summed E-state index contributed by atoms with van der Waals surface area (Å²) in [5, 5.41) is 14.5. The van der Waals surface area contributed by atoms with Crippen molar-refractivity contribution in [2.75, 3.05) is 12.9 Å². The average Bonchev–Trinajstić information content (AvgIpc) is 3.17. The second-order valence-electron chi connectivity index (χ2n) is 7.25. The van der Waals surface area contributed by atoms with E-state index in [2.05, 4.69) is 45.8 Å². The predicted molar refractivity (Wildman–Crippen MR) is 124 cm³/mol. The summed E-state index contributed by atoms with van der Waals surface area (Å²) in [4.78, 5) is 12.6. The molecule has 4 rings (SSSR count). The molecule has 0 bridgehead atoms. The number of aromatic nitrogens is 3. The second kappa shape index (κ2) is 9.22. The van der Waals surface area contributed by atoms with Crippen molar-refractivity contribution < 1.29 is 9.53 Å². The van der Waals surface area contributed by atoms with E-state index in [0.717, 1.165) is 22.8 Å². The lowest BCUT2D eigenvalue weighted by atomic mass is 10.0. The normalized spacial score (nSPS) is 12.0. The number of hydrogen-bond acceptors (Lipinski definition) is 5. The number of thioether (sulfide) groups is 1. The Morgan fingerprint density at radius 3 is 2.55 bits per heavy atom. The topological polar surface area (TPSA) is 69.0 Å². The molecular formula is C24H24N4O2S. The molecule has 0 saturated carbocycles. The predicted octanol–water partition coefficient (Wildman–Crippen LogP) is 4.71. The fourth-order valence-electron chi connectivity index (χ4n) is 3.44. The molecule has 0 spiro atoms. The molecule has 7 heteroatoms. The Morgan fingerprint density at radius 2 is 1.81 bits per heavy atom. The van der Waals surface area contributed by atoms with E-state index in [-0.39, 0.29) is 17.7 Å². The number of rotatable bonds is 7. The number of nitrogens with zero attached hydrogens (tertiary/aromatic N) is 3. The van der Waals surface area contributed by atoms with Gasteiger partial charge in [-0.25, -0.2) is 0 Å². The zero-order valence-electron chi connectivity index (χ0n) is 17.7. The fourth-order valence-corrected chi connectivity index (χ4v) is 4.25. The van der Waals surface area contributed by atoms with E-state index in [0.29, 0.717) is 5.16 Å². The quantitative estimate of drug-likeness (QED) is 0.429. The van der Waals surface area contributed by atoms with Crippen molar-refractivity contribution in [1.82, 2.24) is 20.1 Å². The number of fused-ring (bicyclic) bond motifs is 1. The van der Waals surface area contributed by atoms with Gasteiger partial charge in [-0.3, -0.25) is 9.36 Å². The molecule has 0 aliphatic carbocycles. The molecule has 0 saturated heterocycles. The molecule has 1 heterocycles. The molecule has 0 aliphatic heterocycles. The summed E-state index contributed by atoms with van der Waals surface area (Å²) < 4.78 is 7.16. The maximum atomic E-state index is 12.6. The number of carbonyl (C=O) groups excluding carboxylic acids is 1. The molecule has 3 aromatic carbocycles. The zero-order valence-corrected chi connectivity index (χ0v) is 18.5. The third kappa shape index (κ3) is 4.72. The summed E-state index contributed by atoms with van der Waals surface area (Å²) in [5.74, 6) is 1.75. The lowest BCUT2D eigenvalue weighted by Crippen LogP contribution is -2.28. The average molecular weight is 433 g/mol. The van der Waals surface area contributed by atoms with Gasteiger partial charge in [-0.15, -0.1) is 10.2 Å². The first-order valence-electron chi connectivity index (χ1n) is 10.0. The highest BCUT2D eigenvalue weighted by atomic mass is 32.2. The van der Waals surface area contributed by atoms with Gasteiger partial charge in [0.25, 0.3) is 0 Å². The van der Waals surface area contributed by atoms with Crippen LogP contribution in [0.3, 0.4) is 0 Å². The van der Waals surface area contributed by atoms with E-state index < -0.39 is 0 Å². The first kappa shape index (κ1) is 20.9. The minimum atomic E-state index is -0.0844. The van der Waals surface area contributed by atoms with Crippen molar-refractivity contribution in [3.05, 3.63) is 78.1 Å². The van der Waals surface area contributed by atoms with E-state index in [4.69, 9.17) is 4.74 Å². The minimum Gasteiger partial charge on any atom is -0.497 e. The molecule has 1 N–H and O–H groups in total. The van der Waals surface area contributed by atoms with Crippen LogP contribution in [0.15, 0.2) is 71.9 Å². The number of aryl methyl sites for hydroxylation is 1. The van der Waals surface area contributed by atoms with Gasteiger partial charge in [-0.2, -0.15) is 0 Å². The number of amides is 1. The van der Waals surface area contributed by atoms with Crippen LogP contribution >= 0.6 is 11.8 Å². The van der Waals surface area contributed by atoms with Gasteiger partial charge in [0.15, 0.2) is 5.16 Å². The first-order valence-corrected chi connectivity index (χ1v) is 11.0. The molecule has 0 fully saturated rings. The lowest BCUT2D eigenvalue weighted by molar-refractivity contribution is -0.119. The van der Waals surface area contributed by atoms with Crippen LogP contribution in [0.1, 0.15) is 24.4 Å². The number of methoxy groups -OCH3 is 1. The highest BCUT2D eigenvalue weighted by molar-refractivity contribution is 7.99. The maximum Gasteiger partial charge on any atom is 0.230 e. The SMILES string of the molecule is COc1ccc(-n2c(C)nnc2SCC(=O)NC(C)c2ccc3ccccc3c2)cc1. The van der Waals surface area contributed by atoms with Crippen LogP contribution in [0, 0.1) is 6.92 Å². The molecule has 6 nitrogen and oxygen atoms in total. The smallest absolute Gasteiger partial charge is 0.230 e. The lowest BCUT2D eigenvalue weighted by Gasteiger charge is -2.15. The van der Waals surface area contributed by atoms with Crippen molar-refractivity contribution >= 4 is 28.4 Å². The highest BCUT2D eigenvalue weighted by Gasteiger charge is 2.15. The Balaban J connectivity index is 1.41. The highest BCUT2D eigenvalue weighted by Crippen LogP contribution is 2.24. The van der Waals surface area contributed by atoms with Crippen LogP contribution < -0.4 is 10.1 Å². The van der Waals surface area contributed by atoms with Crippen LogP contribution in [-0.4, -0.2) is 33.5 Å². The Labute approximate surface area is 185 Å². The van der Waals surface area contributed by atoms with Crippen LogP contribution in [-0.2, 0) is 4.79 Å². The zero-order chi connectivity index (χ0) is 21.8. The van der Waals surface area contributed by atoms with Gasteiger partial charge in [0, 0.05) is 5.69 Å². The van der Waals surface area contributed by atoms with Crippen molar-refractivity contribution in [3.8, 4) is 11.4 Å². The van der Waals surface area contributed by atoms with Gasteiger partial charge in [0.05, 0.1) is 18.9 Å². The molecule has 1 amide bonds. The molecule has 1 unspecified atom stereocenters. The monoisotopic (exact) mass is 432 g/mol. The molecule has 31 heavy (non-hydrogen) atoms. The Morgan fingerprint density at radius 1 is 1.06 bits per heavy atom. The Hall–Kier alpha value is -3.32. The number of benzene rings is 3. The second-order valence-corrected chi connectivity index (χ2v) is 8.19. The van der Waals surface area contributed by atoms with Crippen molar-refractivity contribution in [3.63, 3.8) is 0 Å². The standard InChI is InChI=1S/C24H24N4O2S/c1-16(19-9-8-18-6-4-5-7-20(18)14-19)25-23(29)15-31-24-27-26-17(2)28(24)21-10-12-22(30-3)13-11-21/h4-14,16H,15H2,1-3H3,(H,25,29). The summed E-state index contributed by atoms with van der Waals surface area (Å²) in [5.41, 5.74) is 2.00. The number of carbonyl (C=O) groups is 1. The van der Waals surface area contributed by atoms with Gasteiger partial charge in [-0.05, 0) is 60.5 Å². The summed E-state index contributed by atoms with van der Waals surface area (Å²) in [6.45, 7) is 3.89. The number of ether oxygens (including phenoxy) is 1. The van der Waals surface area contributed by atoms with Crippen LogP contribution in [0.25, 0.3) is 16.5 Å². The summed E-state index contributed by atoms with van der Waals surface area (Å²) in [6, 6.07) is 22.1. The van der Waals surface area contributed by atoms with Crippen molar-refractivity contribution in [2.24, 2.45) is 0 Å². The van der Waals surface area contributed by atoms with Gasteiger partial charge >= 0.3 is 0 Å². The van der Waals surface area contributed by atoms with Crippen molar-refractivity contribution in [2.45, 2.75) is 25.0 Å². The maximum absolute atomic E-state index is 12.6. The summed E-state index contributed by atoms with van der Waals surface area (Å²) in [7, 11) is 1.64. The summed E-state index contributed by atoms with van der Waals surface area (Å²) in [6.07, 6.45) is 0. The van der Waals surface area contributed by atoms with Crippen molar-refractivity contribution in [1.29, 1.82) is 0 Å². The van der Waals surface area contributed by atoms with E-state index in [1.165, 1.54) is 22.5 Å². The van der Waals surface area contributed by atoms with Gasteiger partial charge < -0.3 is 10.1 Å². The molecule has 0 aliphatic rings. The molecule has 4 aromatic rings. The van der Waals surface area contributed by atoms with E-state index in [1.807, 2.05) is 54.8 Å². The van der Waals surface area contributed by atoms with Gasteiger partial charge in [-0.1, -0.05) is 48.2 Å². The van der Waals surface area contributed by atoms with E-state index in [9.17, 15) is 4.79 Å². The number of nitrogens with one attached hydrogen (secondary N) is 1. The fraction of sp³-hybridized carbons (Fsp3) is 0.208. The van der Waals surface area contributed by atoms with E-state index >= 15 is 0 Å². The Bertz CT molecular complexity index is 1200. The molecule has 1 aromatic heterocycles.